The van der Waals surface area contributed by atoms with Gasteiger partial charge in [-0.1, -0.05) is 13.8 Å². The molecule has 0 aromatic heterocycles. The van der Waals surface area contributed by atoms with E-state index in [9.17, 15) is 0 Å². The van der Waals surface area contributed by atoms with Crippen molar-refractivity contribution in [1.29, 1.82) is 0 Å². The molecular formula is C10H9Br5. The van der Waals surface area contributed by atoms with Crippen molar-refractivity contribution in [2.75, 3.05) is 0 Å². The summed E-state index contributed by atoms with van der Waals surface area (Å²) in [4.78, 5) is 0. The van der Waals surface area contributed by atoms with Crippen LogP contribution in [0.2, 0.25) is 0 Å². The molecule has 0 fully saturated rings. The summed E-state index contributed by atoms with van der Waals surface area (Å²) < 4.78 is 5.34. The predicted molar refractivity (Wildman–Crippen MR) is 83.6 cm³/mol. The molecule has 1 atom stereocenters. The Bertz CT molecular complexity index is 357. The summed E-state index contributed by atoms with van der Waals surface area (Å²) in [5.74, 6) is 0.509. The lowest BCUT2D eigenvalue weighted by atomic mass is 9.99. The summed E-state index contributed by atoms with van der Waals surface area (Å²) in [6.45, 7) is 4.41. The molecule has 0 aliphatic rings. The van der Waals surface area contributed by atoms with Gasteiger partial charge in [0.25, 0.3) is 0 Å². The van der Waals surface area contributed by atoms with Gasteiger partial charge in [0.2, 0.25) is 0 Å². The van der Waals surface area contributed by atoms with Crippen LogP contribution in [0.5, 0.6) is 0 Å². The van der Waals surface area contributed by atoms with Crippen molar-refractivity contribution >= 4 is 79.6 Å². The minimum atomic E-state index is 0.509. The van der Waals surface area contributed by atoms with Crippen molar-refractivity contribution in [1.82, 2.24) is 0 Å². The van der Waals surface area contributed by atoms with Crippen LogP contribution in [0, 0.1) is 0 Å². The van der Waals surface area contributed by atoms with E-state index in [4.69, 9.17) is 0 Å². The fourth-order valence-corrected chi connectivity index (χ4v) is 5.12. The minimum Gasteiger partial charge on any atom is -0.0648 e. The van der Waals surface area contributed by atoms with E-state index in [2.05, 4.69) is 93.5 Å². The Morgan fingerprint density at radius 2 is 1.13 bits per heavy atom. The molecule has 0 spiro atoms. The zero-order valence-corrected chi connectivity index (χ0v) is 16.1. The number of hydrogen-bond acceptors (Lipinski definition) is 0. The molecule has 1 aromatic carbocycles. The smallest absolute Gasteiger partial charge is 0.0482 e. The molecule has 0 radical (unpaired) electrons. The fraction of sp³-hybridized carbons (Fsp3) is 0.400. The molecule has 0 aliphatic carbocycles. The molecule has 0 saturated heterocycles. The molecule has 0 N–H and O–H groups in total. The predicted octanol–water partition coefficient (Wildman–Crippen LogP) is 7.01. The lowest BCUT2D eigenvalue weighted by molar-refractivity contribution is 0.724. The quantitative estimate of drug-likeness (QED) is 0.286. The third-order valence-corrected chi connectivity index (χ3v) is 8.50. The lowest BCUT2D eigenvalue weighted by Gasteiger charge is -2.18. The van der Waals surface area contributed by atoms with Crippen molar-refractivity contribution in [3.63, 3.8) is 0 Å². The Morgan fingerprint density at radius 3 is 1.47 bits per heavy atom. The first-order chi connectivity index (χ1) is 6.91. The first-order valence-corrected chi connectivity index (χ1v) is 8.39. The molecule has 1 rings (SSSR count). The van der Waals surface area contributed by atoms with Gasteiger partial charge in [-0.05, 0) is 97.6 Å². The summed E-state index contributed by atoms with van der Waals surface area (Å²) in [6.07, 6.45) is 1.11. The van der Waals surface area contributed by atoms with Gasteiger partial charge in [-0.2, -0.15) is 0 Å². The molecule has 5 heteroatoms. The van der Waals surface area contributed by atoms with E-state index in [1.807, 2.05) is 0 Å². The van der Waals surface area contributed by atoms with Crippen LogP contribution in [-0.2, 0) is 0 Å². The topological polar surface area (TPSA) is 0 Å². The maximum Gasteiger partial charge on any atom is 0.0482 e. The maximum atomic E-state index is 3.63. The van der Waals surface area contributed by atoms with E-state index in [1.165, 1.54) is 5.56 Å². The number of rotatable bonds is 2. The van der Waals surface area contributed by atoms with E-state index in [1.54, 1.807) is 0 Å². The van der Waals surface area contributed by atoms with Crippen LogP contribution in [0.15, 0.2) is 22.4 Å². The zero-order valence-electron chi connectivity index (χ0n) is 8.17. The van der Waals surface area contributed by atoms with Crippen LogP contribution in [0.4, 0.5) is 0 Å². The third-order valence-electron chi connectivity index (χ3n) is 2.35. The zero-order chi connectivity index (χ0) is 11.7. The number of hydrogen-bond donors (Lipinski definition) is 0. The highest BCUT2D eigenvalue weighted by atomic mass is 79.9. The Labute approximate surface area is 132 Å². The Morgan fingerprint density at radius 1 is 0.800 bits per heavy atom. The molecular weight excluding hydrogens is 520 g/mol. The molecule has 0 nitrogen and oxygen atoms in total. The molecule has 0 bridgehead atoms. The molecule has 0 amide bonds. The van der Waals surface area contributed by atoms with Gasteiger partial charge >= 0.3 is 0 Å². The average molecular weight is 529 g/mol. The van der Waals surface area contributed by atoms with Crippen LogP contribution in [0.25, 0.3) is 0 Å². The van der Waals surface area contributed by atoms with E-state index in [0.717, 1.165) is 28.8 Å². The SMILES string of the molecule is CCC(C)c1c(Br)c(Br)c(Br)c(Br)c1Br. The molecule has 0 saturated carbocycles. The van der Waals surface area contributed by atoms with Crippen LogP contribution < -0.4 is 0 Å². The number of halogens is 5. The molecule has 84 valence electrons. The maximum absolute atomic E-state index is 3.63. The van der Waals surface area contributed by atoms with E-state index in [-0.39, 0.29) is 0 Å². The highest BCUT2D eigenvalue weighted by Crippen LogP contribution is 2.47. The van der Waals surface area contributed by atoms with Gasteiger partial charge in [0.15, 0.2) is 0 Å². The van der Waals surface area contributed by atoms with Crippen LogP contribution in [0.1, 0.15) is 31.7 Å². The standard InChI is InChI=1S/C10H9Br5/c1-3-4(2)5-6(11)8(13)10(15)9(14)7(5)12/h4H,3H2,1-2H3. The van der Waals surface area contributed by atoms with E-state index in [0.29, 0.717) is 5.92 Å². The molecule has 15 heavy (non-hydrogen) atoms. The van der Waals surface area contributed by atoms with Gasteiger partial charge in [0, 0.05) is 22.4 Å². The average Bonchev–Trinajstić information content (AvgIpc) is 2.23. The van der Waals surface area contributed by atoms with Crippen molar-refractivity contribution in [2.24, 2.45) is 0 Å². The van der Waals surface area contributed by atoms with E-state index < -0.39 is 0 Å². The normalized spacial score (nSPS) is 13.0. The Kier molecular flexibility index (Phi) is 5.86. The van der Waals surface area contributed by atoms with Gasteiger partial charge < -0.3 is 0 Å². The van der Waals surface area contributed by atoms with Crippen molar-refractivity contribution in [3.05, 3.63) is 27.9 Å². The lowest BCUT2D eigenvalue weighted by Crippen LogP contribution is -1.97. The van der Waals surface area contributed by atoms with Crippen LogP contribution in [-0.4, -0.2) is 0 Å². The summed E-state index contributed by atoms with van der Waals surface area (Å²) >= 11 is 17.9. The highest BCUT2D eigenvalue weighted by Gasteiger charge is 2.20. The molecule has 0 heterocycles. The summed E-state index contributed by atoms with van der Waals surface area (Å²) in [5, 5.41) is 0. The summed E-state index contributed by atoms with van der Waals surface area (Å²) in [6, 6.07) is 0. The molecule has 0 aliphatic heterocycles. The van der Waals surface area contributed by atoms with Crippen LogP contribution >= 0.6 is 79.6 Å². The summed E-state index contributed by atoms with van der Waals surface area (Å²) in [5.41, 5.74) is 1.29. The van der Waals surface area contributed by atoms with Gasteiger partial charge in [-0.15, -0.1) is 0 Å². The summed E-state index contributed by atoms with van der Waals surface area (Å²) in [7, 11) is 0. The largest absolute Gasteiger partial charge is 0.0648 e. The first kappa shape index (κ1) is 14.7. The van der Waals surface area contributed by atoms with Gasteiger partial charge in [-0.3, -0.25) is 0 Å². The Balaban J connectivity index is 3.52. The number of benzene rings is 1. The second kappa shape index (κ2) is 5.98. The van der Waals surface area contributed by atoms with Gasteiger partial charge in [0.1, 0.15) is 0 Å². The molecule has 1 aromatic rings. The van der Waals surface area contributed by atoms with Crippen molar-refractivity contribution < 1.29 is 0 Å². The second-order valence-corrected chi connectivity index (χ2v) is 7.26. The highest BCUT2D eigenvalue weighted by molar-refractivity contribution is 9.15. The van der Waals surface area contributed by atoms with Crippen LogP contribution in [0.3, 0.4) is 0 Å². The van der Waals surface area contributed by atoms with Gasteiger partial charge in [0.05, 0.1) is 0 Å². The van der Waals surface area contributed by atoms with E-state index >= 15 is 0 Å². The first-order valence-electron chi connectivity index (χ1n) is 4.43. The van der Waals surface area contributed by atoms with Crippen molar-refractivity contribution in [3.8, 4) is 0 Å². The molecule has 1 unspecified atom stereocenters. The third kappa shape index (κ3) is 2.90. The monoisotopic (exact) mass is 524 g/mol. The second-order valence-electron chi connectivity index (χ2n) is 3.29. The Hall–Kier alpha value is 1.62. The van der Waals surface area contributed by atoms with Gasteiger partial charge in [-0.25, -0.2) is 0 Å². The fourth-order valence-electron chi connectivity index (χ4n) is 1.26. The van der Waals surface area contributed by atoms with Crippen molar-refractivity contribution in [2.45, 2.75) is 26.2 Å². The minimum absolute atomic E-state index is 0.509.